The van der Waals surface area contributed by atoms with Crippen LogP contribution in [0.25, 0.3) is 0 Å². The van der Waals surface area contributed by atoms with Gasteiger partial charge < -0.3 is 10.8 Å². The molecule has 2 aliphatic rings. The lowest BCUT2D eigenvalue weighted by molar-refractivity contribution is -0.155. The molecular weight excluding hydrogens is 186 g/mol. The molecule has 1 heterocycles. The molecule has 0 aromatic heterocycles. The molecule has 4 heteroatoms. The molecule has 1 aliphatic heterocycles. The van der Waals surface area contributed by atoms with Gasteiger partial charge in [-0.15, -0.1) is 0 Å². The zero-order valence-electron chi connectivity index (χ0n) is 7.53. The number of hydrogen-bond donors (Lipinski definition) is 2. The zero-order chi connectivity index (χ0) is 9.47. The van der Waals surface area contributed by atoms with Crippen LogP contribution in [0.2, 0.25) is 0 Å². The fraction of sp³-hybridized carbons (Fsp3) is 0.889. The summed E-state index contributed by atoms with van der Waals surface area (Å²) < 4.78 is 0. The first-order valence-electron chi connectivity index (χ1n) is 4.76. The van der Waals surface area contributed by atoms with E-state index in [0.29, 0.717) is 18.1 Å². The zero-order valence-corrected chi connectivity index (χ0v) is 8.35. The molecule has 3 N–H and O–H groups in total. The van der Waals surface area contributed by atoms with Crippen molar-refractivity contribution in [3.8, 4) is 0 Å². The van der Waals surface area contributed by atoms with Gasteiger partial charge in [0.2, 0.25) is 0 Å². The summed E-state index contributed by atoms with van der Waals surface area (Å²) in [6, 6.07) is 0.122. The molecule has 0 aromatic rings. The Bertz CT molecular complexity index is 220. The second-order valence-corrected chi connectivity index (χ2v) is 5.44. The molecule has 0 radical (unpaired) electrons. The van der Waals surface area contributed by atoms with Crippen molar-refractivity contribution in [2.24, 2.45) is 11.1 Å². The molecule has 1 atom stereocenters. The van der Waals surface area contributed by atoms with Gasteiger partial charge in [0.25, 0.3) is 0 Å². The molecule has 13 heavy (non-hydrogen) atoms. The molecule has 1 aliphatic carbocycles. The molecule has 1 saturated carbocycles. The van der Waals surface area contributed by atoms with Crippen LogP contribution in [0.1, 0.15) is 25.7 Å². The van der Waals surface area contributed by atoms with Gasteiger partial charge >= 0.3 is 5.97 Å². The number of thioether (sulfide) groups is 1. The monoisotopic (exact) mass is 201 g/mol. The molecule has 2 rings (SSSR count). The lowest BCUT2D eigenvalue weighted by atomic mass is 9.63. The van der Waals surface area contributed by atoms with Crippen LogP contribution in [-0.4, -0.2) is 28.1 Å². The third-order valence-electron chi connectivity index (χ3n) is 3.22. The summed E-state index contributed by atoms with van der Waals surface area (Å²) in [5, 5.41) is 9.52. The highest BCUT2D eigenvalue weighted by atomic mass is 32.2. The fourth-order valence-corrected chi connectivity index (χ4v) is 4.03. The Balaban J connectivity index is 2.10. The summed E-state index contributed by atoms with van der Waals surface area (Å²) >= 11 is 1.82. The van der Waals surface area contributed by atoms with Gasteiger partial charge in [-0.25, -0.2) is 0 Å². The number of aliphatic carboxylic acids is 1. The Hall–Kier alpha value is -0.220. The van der Waals surface area contributed by atoms with Gasteiger partial charge in [0.05, 0.1) is 5.41 Å². The smallest absolute Gasteiger partial charge is 0.310 e. The highest BCUT2D eigenvalue weighted by Crippen LogP contribution is 2.51. The van der Waals surface area contributed by atoms with E-state index in [1.54, 1.807) is 0 Å². The SMILES string of the molecule is NC1CC(C(=O)O)(C2CCCS2)C1. The van der Waals surface area contributed by atoms with Crippen LogP contribution in [0.4, 0.5) is 0 Å². The molecule has 0 bridgehead atoms. The van der Waals surface area contributed by atoms with Crippen LogP contribution in [0, 0.1) is 5.41 Å². The van der Waals surface area contributed by atoms with Crippen LogP contribution >= 0.6 is 11.8 Å². The van der Waals surface area contributed by atoms with E-state index in [1.165, 1.54) is 6.42 Å². The highest BCUT2D eigenvalue weighted by Gasteiger charge is 2.55. The van der Waals surface area contributed by atoms with Gasteiger partial charge in [-0.3, -0.25) is 4.79 Å². The van der Waals surface area contributed by atoms with Gasteiger partial charge in [0, 0.05) is 11.3 Å². The number of nitrogens with two attached hydrogens (primary N) is 1. The topological polar surface area (TPSA) is 63.3 Å². The third kappa shape index (κ3) is 1.36. The van der Waals surface area contributed by atoms with E-state index in [-0.39, 0.29) is 6.04 Å². The van der Waals surface area contributed by atoms with Gasteiger partial charge in [-0.05, 0) is 31.4 Å². The van der Waals surface area contributed by atoms with E-state index in [1.807, 2.05) is 11.8 Å². The van der Waals surface area contributed by atoms with E-state index in [2.05, 4.69) is 0 Å². The van der Waals surface area contributed by atoms with Gasteiger partial charge in [-0.2, -0.15) is 11.8 Å². The van der Waals surface area contributed by atoms with Crippen LogP contribution in [-0.2, 0) is 4.79 Å². The van der Waals surface area contributed by atoms with Crippen molar-refractivity contribution in [2.75, 3.05) is 5.75 Å². The van der Waals surface area contributed by atoms with Crippen molar-refractivity contribution in [1.82, 2.24) is 0 Å². The number of carbonyl (C=O) groups is 1. The Morgan fingerprint density at radius 2 is 2.23 bits per heavy atom. The molecule has 0 amide bonds. The van der Waals surface area contributed by atoms with E-state index in [4.69, 9.17) is 5.73 Å². The van der Waals surface area contributed by atoms with E-state index >= 15 is 0 Å². The lowest BCUT2D eigenvalue weighted by Gasteiger charge is -2.46. The Kier molecular flexibility index (Phi) is 2.28. The van der Waals surface area contributed by atoms with Crippen molar-refractivity contribution >= 4 is 17.7 Å². The summed E-state index contributed by atoms with van der Waals surface area (Å²) in [7, 11) is 0. The molecule has 0 aromatic carbocycles. The molecule has 2 fully saturated rings. The van der Waals surface area contributed by atoms with Gasteiger partial charge in [0.15, 0.2) is 0 Å². The first-order valence-corrected chi connectivity index (χ1v) is 5.80. The largest absolute Gasteiger partial charge is 0.481 e. The first kappa shape index (κ1) is 9.34. The standard InChI is InChI=1S/C9H15NO2S/c10-6-4-9(5-6,8(11)12)7-2-1-3-13-7/h6-7H,1-5,10H2,(H,11,12). The molecular formula is C9H15NO2S. The maximum atomic E-state index is 11.2. The van der Waals surface area contributed by atoms with E-state index in [9.17, 15) is 9.90 Å². The molecule has 74 valence electrons. The van der Waals surface area contributed by atoms with E-state index < -0.39 is 11.4 Å². The summed E-state index contributed by atoms with van der Waals surface area (Å²) in [6.45, 7) is 0. The molecule has 3 nitrogen and oxygen atoms in total. The number of carboxylic acids is 1. The molecule has 1 saturated heterocycles. The maximum absolute atomic E-state index is 11.2. The second kappa shape index (κ2) is 3.17. The normalized spacial score (nSPS) is 44.4. The van der Waals surface area contributed by atoms with Crippen molar-refractivity contribution in [3.05, 3.63) is 0 Å². The maximum Gasteiger partial charge on any atom is 0.310 e. The van der Waals surface area contributed by atoms with Crippen molar-refractivity contribution in [3.63, 3.8) is 0 Å². The minimum atomic E-state index is -0.631. The van der Waals surface area contributed by atoms with Crippen LogP contribution < -0.4 is 5.73 Å². The average Bonchev–Trinajstić information content (AvgIpc) is 2.49. The number of hydrogen-bond acceptors (Lipinski definition) is 3. The van der Waals surface area contributed by atoms with Gasteiger partial charge in [0.1, 0.15) is 0 Å². The average molecular weight is 201 g/mol. The number of carboxylic acid groups (broad SMARTS) is 1. The quantitative estimate of drug-likeness (QED) is 0.701. The first-order chi connectivity index (χ1) is 6.15. The van der Waals surface area contributed by atoms with Crippen LogP contribution in [0.3, 0.4) is 0 Å². The minimum absolute atomic E-state index is 0.122. The Morgan fingerprint density at radius 1 is 1.54 bits per heavy atom. The summed E-state index contributed by atoms with van der Waals surface area (Å²) in [5.41, 5.74) is 5.22. The fourth-order valence-electron chi connectivity index (χ4n) is 2.46. The molecule has 1 unspecified atom stereocenters. The third-order valence-corrected chi connectivity index (χ3v) is 4.84. The van der Waals surface area contributed by atoms with Crippen molar-refractivity contribution in [1.29, 1.82) is 0 Å². The predicted molar refractivity (Wildman–Crippen MR) is 52.8 cm³/mol. The summed E-state index contributed by atoms with van der Waals surface area (Å²) in [5.74, 6) is 0.489. The molecule has 0 spiro atoms. The van der Waals surface area contributed by atoms with Crippen molar-refractivity contribution < 1.29 is 9.90 Å². The minimum Gasteiger partial charge on any atom is -0.481 e. The lowest BCUT2D eigenvalue weighted by Crippen LogP contribution is -2.55. The summed E-state index contributed by atoms with van der Waals surface area (Å²) in [4.78, 5) is 11.2. The van der Waals surface area contributed by atoms with Gasteiger partial charge in [-0.1, -0.05) is 0 Å². The van der Waals surface area contributed by atoms with E-state index in [0.717, 1.165) is 12.2 Å². The van der Waals surface area contributed by atoms with Crippen molar-refractivity contribution in [2.45, 2.75) is 37.0 Å². The Labute approximate surface area is 82.1 Å². The second-order valence-electron chi connectivity index (χ2n) is 4.13. The highest BCUT2D eigenvalue weighted by molar-refractivity contribution is 8.00. The van der Waals surface area contributed by atoms with Crippen LogP contribution in [0.5, 0.6) is 0 Å². The summed E-state index contributed by atoms with van der Waals surface area (Å²) in [6.07, 6.45) is 3.59. The Morgan fingerprint density at radius 3 is 2.62 bits per heavy atom. The number of rotatable bonds is 2. The van der Waals surface area contributed by atoms with Crippen LogP contribution in [0.15, 0.2) is 0 Å². The predicted octanol–water partition coefficient (Wildman–Crippen LogP) is 1.07.